The fourth-order valence-corrected chi connectivity index (χ4v) is 4.52. The van der Waals surface area contributed by atoms with Crippen LogP contribution >= 0.6 is 0 Å². The van der Waals surface area contributed by atoms with Crippen molar-refractivity contribution in [3.05, 3.63) is 29.3 Å². The molecule has 1 nitrogen and oxygen atoms in total. The molecule has 0 N–H and O–H groups in total. The van der Waals surface area contributed by atoms with Gasteiger partial charge in [0, 0.05) is 5.92 Å². The molecule has 1 aromatic heterocycles. The average molecular weight is 349 g/mol. The van der Waals surface area contributed by atoms with Gasteiger partial charge in [0.1, 0.15) is 0 Å². The predicted octanol–water partition coefficient (Wildman–Crippen LogP) is 5.87. The van der Waals surface area contributed by atoms with E-state index in [2.05, 4.69) is 23.7 Å². The first-order valence-electron chi connectivity index (χ1n) is 9.59. The van der Waals surface area contributed by atoms with Gasteiger partial charge >= 0.3 is 0 Å². The third-order valence-electron chi connectivity index (χ3n) is 6.20. The SMILES string of the molecule is CC[C@H]1CC[C@H](C2CCC(C#Cc3cc(F)c(F)nc3F)CC2)CC1. The van der Waals surface area contributed by atoms with Crippen LogP contribution in [0.4, 0.5) is 13.2 Å². The number of rotatable bonds is 2. The van der Waals surface area contributed by atoms with E-state index in [0.29, 0.717) is 0 Å². The van der Waals surface area contributed by atoms with E-state index in [1.54, 1.807) is 0 Å². The Morgan fingerprint density at radius 2 is 1.52 bits per heavy atom. The molecule has 2 fully saturated rings. The smallest absolute Gasteiger partial charge is 0.202 e. The molecule has 1 aromatic rings. The molecule has 1 heterocycles. The summed E-state index contributed by atoms with van der Waals surface area (Å²) in [5.41, 5.74) is -0.154. The molecule has 0 radical (unpaired) electrons. The zero-order valence-corrected chi connectivity index (χ0v) is 14.8. The van der Waals surface area contributed by atoms with Gasteiger partial charge in [0.05, 0.1) is 5.56 Å². The van der Waals surface area contributed by atoms with Crippen LogP contribution < -0.4 is 0 Å². The minimum atomic E-state index is -1.42. The van der Waals surface area contributed by atoms with Crippen LogP contribution in [0.25, 0.3) is 0 Å². The normalized spacial score (nSPS) is 29.8. The van der Waals surface area contributed by atoms with E-state index < -0.39 is 17.7 Å². The highest BCUT2D eigenvalue weighted by Gasteiger charge is 2.30. The van der Waals surface area contributed by atoms with Crippen molar-refractivity contribution in [2.24, 2.45) is 23.7 Å². The van der Waals surface area contributed by atoms with Crippen LogP contribution in [0.5, 0.6) is 0 Å². The molecule has 0 bridgehead atoms. The highest BCUT2D eigenvalue weighted by molar-refractivity contribution is 5.33. The van der Waals surface area contributed by atoms with Crippen molar-refractivity contribution >= 4 is 0 Å². The van der Waals surface area contributed by atoms with Crippen molar-refractivity contribution < 1.29 is 13.2 Å². The molecule has 0 spiro atoms. The Balaban J connectivity index is 1.53. The van der Waals surface area contributed by atoms with Crippen molar-refractivity contribution in [2.75, 3.05) is 0 Å². The highest BCUT2D eigenvalue weighted by atomic mass is 19.2. The van der Waals surface area contributed by atoms with E-state index in [-0.39, 0.29) is 11.5 Å². The second-order valence-corrected chi connectivity index (χ2v) is 7.67. The van der Waals surface area contributed by atoms with Gasteiger partial charge in [0.15, 0.2) is 5.82 Å². The predicted molar refractivity (Wildman–Crippen MR) is 92.2 cm³/mol. The van der Waals surface area contributed by atoms with E-state index in [9.17, 15) is 13.2 Å². The van der Waals surface area contributed by atoms with Crippen molar-refractivity contribution in [3.8, 4) is 11.8 Å². The lowest BCUT2D eigenvalue weighted by molar-refractivity contribution is 0.156. The van der Waals surface area contributed by atoms with Crippen LogP contribution in [0.1, 0.15) is 70.3 Å². The standard InChI is InChI=1S/C21H26F3N/c1-2-14-3-8-16(9-4-14)17-10-5-15(6-11-17)7-12-18-13-19(22)21(24)25-20(18)23/h13-17H,2-6,8-11H2,1H3/t14-,15?,16-,17?. The lowest BCUT2D eigenvalue weighted by atomic mass is 9.69. The number of nitrogens with zero attached hydrogens (tertiary/aromatic N) is 1. The van der Waals surface area contributed by atoms with Crippen molar-refractivity contribution in [1.82, 2.24) is 4.98 Å². The van der Waals surface area contributed by atoms with Gasteiger partial charge in [-0.05, 0) is 62.3 Å². The molecular formula is C21H26F3N. The second-order valence-electron chi connectivity index (χ2n) is 7.67. The molecule has 136 valence electrons. The van der Waals surface area contributed by atoms with Crippen LogP contribution in [0, 0.1) is 53.2 Å². The summed E-state index contributed by atoms with van der Waals surface area (Å²) in [6.45, 7) is 2.29. The third kappa shape index (κ3) is 4.57. The molecule has 3 rings (SSSR count). The van der Waals surface area contributed by atoms with Gasteiger partial charge in [0.25, 0.3) is 5.95 Å². The summed E-state index contributed by atoms with van der Waals surface area (Å²) in [6, 6.07) is 0.794. The topological polar surface area (TPSA) is 12.9 Å². The van der Waals surface area contributed by atoms with Gasteiger partial charge in [-0.3, -0.25) is 0 Å². The van der Waals surface area contributed by atoms with E-state index in [1.165, 1.54) is 44.9 Å². The van der Waals surface area contributed by atoms with Crippen molar-refractivity contribution in [1.29, 1.82) is 0 Å². The maximum Gasteiger partial charge on any atom is 0.251 e. The van der Waals surface area contributed by atoms with E-state index in [4.69, 9.17) is 0 Å². The summed E-state index contributed by atoms with van der Waals surface area (Å²) < 4.78 is 39.5. The zero-order chi connectivity index (χ0) is 17.8. The number of pyridine rings is 1. The lowest BCUT2D eigenvalue weighted by Crippen LogP contribution is -2.25. The first kappa shape index (κ1) is 18.3. The van der Waals surface area contributed by atoms with Crippen molar-refractivity contribution in [3.63, 3.8) is 0 Å². The molecule has 2 aliphatic rings. The maximum atomic E-state index is 13.5. The van der Waals surface area contributed by atoms with Gasteiger partial charge < -0.3 is 0 Å². The Labute approximate surface area is 148 Å². The largest absolute Gasteiger partial charge is 0.251 e. The van der Waals surface area contributed by atoms with Crippen LogP contribution in [-0.2, 0) is 0 Å². The average Bonchev–Trinajstić information content (AvgIpc) is 2.64. The second kappa shape index (κ2) is 8.25. The first-order chi connectivity index (χ1) is 12.1. The summed E-state index contributed by atoms with van der Waals surface area (Å²) in [4.78, 5) is 2.91. The molecule has 4 heteroatoms. The summed E-state index contributed by atoms with van der Waals surface area (Å²) in [5.74, 6) is 4.92. The first-order valence-corrected chi connectivity index (χ1v) is 9.59. The Kier molecular flexibility index (Phi) is 6.04. The number of halogens is 3. The minimum absolute atomic E-state index is 0.154. The van der Waals surface area contributed by atoms with E-state index in [0.717, 1.165) is 36.7 Å². The molecule has 0 unspecified atom stereocenters. The van der Waals surface area contributed by atoms with Gasteiger partial charge in [-0.15, -0.1) is 0 Å². The third-order valence-corrected chi connectivity index (χ3v) is 6.20. The Hall–Kier alpha value is -1.50. The summed E-state index contributed by atoms with van der Waals surface area (Å²) in [7, 11) is 0. The van der Waals surface area contributed by atoms with Crippen LogP contribution in [0.15, 0.2) is 6.07 Å². The Morgan fingerprint density at radius 3 is 2.12 bits per heavy atom. The Bertz CT molecular complexity index is 645. The van der Waals surface area contributed by atoms with Crippen LogP contribution in [-0.4, -0.2) is 4.98 Å². The van der Waals surface area contributed by atoms with E-state index in [1.807, 2.05) is 0 Å². The molecule has 2 aliphatic carbocycles. The van der Waals surface area contributed by atoms with Gasteiger partial charge in [0.2, 0.25) is 5.95 Å². The lowest BCUT2D eigenvalue weighted by Gasteiger charge is -2.36. The van der Waals surface area contributed by atoms with Gasteiger partial charge in [-0.1, -0.05) is 38.0 Å². The molecule has 0 atom stereocenters. The fraction of sp³-hybridized carbons (Fsp3) is 0.667. The number of hydrogen-bond acceptors (Lipinski definition) is 1. The molecular weight excluding hydrogens is 323 g/mol. The quantitative estimate of drug-likeness (QED) is 0.480. The van der Waals surface area contributed by atoms with Crippen LogP contribution in [0.2, 0.25) is 0 Å². The molecule has 0 amide bonds. The molecule has 0 saturated heterocycles. The minimum Gasteiger partial charge on any atom is -0.202 e. The van der Waals surface area contributed by atoms with Gasteiger partial charge in [-0.25, -0.2) is 4.39 Å². The highest BCUT2D eigenvalue weighted by Crippen LogP contribution is 2.41. The molecule has 25 heavy (non-hydrogen) atoms. The number of hydrogen-bond donors (Lipinski definition) is 0. The molecule has 0 aliphatic heterocycles. The Morgan fingerprint density at radius 1 is 0.920 bits per heavy atom. The summed E-state index contributed by atoms with van der Waals surface area (Å²) >= 11 is 0. The van der Waals surface area contributed by atoms with Crippen molar-refractivity contribution in [2.45, 2.75) is 64.7 Å². The van der Waals surface area contributed by atoms with Crippen LogP contribution in [0.3, 0.4) is 0 Å². The van der Waals surface area contributed by atoms with E-state index >= 15 is 0 Å². The molecule has 0 aromatic carbocycles. The van der Waals surface area contributed by atoms with Gasteiger partial charge in [-0.2, -0.15) is 13.8 Å². The monoisotopic (exact) mass is 349 g/mol. The molecule has 2 saturated carbocycles. The number of aromatic nitrogens is 1. The summed E-state index contributed by atoms with van der Waals surface area (Å²) in [6.07, 6.45) is 11.2. The maximum absolute atomic E-state index is 13.5. The summed E-state index contributed by atoms with van der Waals surface area (Å²) in [5, 5.41) is 0. The fourth-order valence-electron chi connectivity index (χ4n) is 4.52. The zero-order valence-electron chi connectivity index (χ0n) is 14.8.